The molecule has 1 heterocycles. The lowest BCUT2D eigenvalue weighted by atomic mass is 9.89. The summed E-state index contributed by atoms with van der Waals surface area (Å²) in [6.45, 7) is 7.48. The van der Waals surface area contributed by atoms with Crippen molar-refractivity contribution in [2.45, 2.75) is 57.9 Å². The number of rotatable bonds is 5. The van der Waals surface area contributed by atoms with Crippen LogP contribution in [-0.4, -0.2) is 37.1 Å². The van der Waals surface area contributed by atoms with Crippen LogP contribution < -0.4 is 5.32 Å². The molecule has 0 aromatic rings. The number of likely N-dealkylation sites (tertiary alicyclic amines) is 1. The third kappa shape index (κ3) is 3.74. The van der Waals surface area contributed by atoms with Gasteiger partial charge in [-0.3, -0.25) is 4.90 Å². The van der Waals surface area contributed by atoms with Gasteiger partial charge < -0.3 is 5.32 Å². The van der Waals surface area contributed by atoms with Crippen molar-refractivity contribution in [3.8, 4) is 0 Å². The Morgan fingerprint density at radius 1 is 1.06 bits per heavy atom. The summed E-state index contributed by atoms with van der Waals surface area (Å²) in [6, 6.07) is 0.742. The van der Waals surface area contributed by atoms with Crippen LogP contribution in [0.3, 0.4) is 0 Å². The van der Waals surface area contributed by atoms with Crippen LogP contribution in [-0.2, 0) is 0 Å². The summed E-state index contributed by atoms with van der Waals surface area (Å²) >= 11 is 0. The summed E-state index contributed by atoms with van der Waals surface area (Å²) in [7, 11) is 0. The van der Waals surface area contributed by atoms with Gasteiger partial charge in [0.15, 0.2) is 0 Å². The third-order valence-corrected chi connectivity index (χ3v) is 4.36. The lowest BCUT2D eigenvalue weighted by Gasteiger charge is -2.26. The fraction of sp³-hybridized carbons (Fsp3) is 1.00. The van der Waals surface area contributed by atoms with Crippen molar-refractivity contribution >= 4 is 0 Å². The molecule has 1 unspecified atom stereocenters. The average molecular weight is 224 g/mol. The maximum absolute atomic E-state index is 3.69. The monoisotopic (exact) mass is 224 g/mol. The molecule has 1 saturated carbocycles. The smallest absolute Gasteiger partial charge is 0.0192 e. The van der Waals surface area contributed by atoms with Crippen LogP contribution in [0.5, 0.6) is 0 Å². The minimum absolute atomic E-state index is 0.742. The van der Waals surface area contributed by atoms with Gasteiger partial charge in [-0.1, -0.05) is 19.3 Å². The number of hydrogen-bond acceptors (Lipinski definition) is 2. The number of hydrogen-bond donors (Lipinski definition) is 1. The molecule has 1 aliphatic heterocycles. The van der Waals surface area contributed by atoms with E-state index in [0.717, 1.165) is 12.0 Å². The van der Waals surface area contributed by atoms with Gasteiger partial charge >= 0.3 is 0 Å². The van der Waals surface area contributed by atoms with Crippen molar-refractivity contribution in [3.05, 3.63) is 0 Å². The molecule has 2 nitrogen and oxygen atoms in total. The molecular weight excluding hydrogens is 196 g/mol. The highest BCUT2D eigenvalue weighted by atomic mass is 15.2. The van der Waals surface area contributed by atoms with Gasteiger partial charge in [0.25, 0.3) is 0 Å². The van der Waals surface area contributed by atoms with Gasteiger partial charge in [-0.15, -0.1) is 0 Å². The molecule has 1 saturated heterocycles. The standard InChI is InChI=1S/C14H28N2/c1-13(16-9-5-6-10-16)11-15-12-14-7-3-2-4-8-14/h13-15H,2-12H2,1H3. The predicted octanol–water partition coefficient (Wildman–Crippen LogP) is 2.64. The Morgan fingerprint density at radius 2 is 1.75 bits per heavy atom. The Balaban J connectivity index is 1.56. The molecule has 2 aliphatic rings. The van der Waals surface area contributed by atoms with Crippen molar-refractivity contribution in [3.63, 3.8) is 0 Å². The van der Waals surface area contributed by atoms with Crippen LogP contribution >= 0.6 is 0 Å². The first-order valence-electron chi connectivity index (χ1n) is 7.31. The summed E-state index contributed by atoms with van der Waals surface area (Å²) in [5.74, 6) is 0.972. The predicted molar refractivity (Wildman–Crippen MR) is 69.7 cm³/mol. The molecule has 2 fully saturated rings. The Hall–Kier alpha value is -0.0800. The molecular formula is C14H28N2. The highest BCUT2D eigenvalue weighted by Gasteiger charge is 2.18. The molecule has 1 aliphatic carbocycles. The van der Waals surface area contributed by atoms with Crippen molar-refractivity contribution in [1.82, 2.24) is 10.2 Å². The van der Waals surface area contributed by atoms with Gasteiger partial charge in [-0.25, -0.2) is 0 Å². The van der Waals surface area contributed by atoms with Gasteiger partial charge in [0.2, 0.25) is 0 Å². The van der Waals surface area contributed by atoms with Crippen LogP contribution in [0.2, 0.25) is 0 Å². The van der Waals surface area contributed by atoms with Crippen molar-refractivity contribution < 1.29 is 0 Å². The normalized spacial score (nSPS) is 26.1. The van der Waals surface area contributed by atoms with Gasteiger partial charge in [0.05, 0.1) is 0 Å². The zero-order valence-corrected chi connectivity index (χ0v) is 10.9. The Labute approximate surface area is 101 Å². The SMILES string of the molecule is CC(CNCC1CCCCC1)N1CCCC1. The van der Waals surface area contributed by atoms with Gasteiger partial charge in [-0.2, -0.15) is 0 Å². The van der Waals surface area contributed by atoms with Crippen LogP contribution in [0.15, 0.2) is 0 Å². The highest BCUT2D eigenvalue weighted by Crippen LogP contribution is 2.22. The van der Waals surface area contributed by atoms with Crippen molar-refractivity contribution in [2.24, 2.45) is 5.92 Å². The van der Waals surface area contributed by atoms with E-state index in [0.29, 0.717) is 0 Å². The van der Waals surface area contributed by atoms with E-state index in [-0.39, 0.29) is 0 Å². The first-order chi connectivity index (χ1) is 7.86. The van der Waals surface area contributed by atoms with Crippen molar-refractivity contribution in [1.29, 1.82) is 0 Å². The topological polar surface area (TPSA) is 15.3 Å². The Bertz CT molecular complexity index is 181. The van der Waals surface area contributed by atoms with E-state index in [1.807, 2.05) is 0 Å². The Kier molecular flexibility index (Phi) is 5.11. The maximum Gasteiger partial charge on any atom is 0.0192 e. The quantitative estimate of drug-likeness (QED) is 0.772. The van der Waals surface area contributed by atoms with Crippen LogP contribution in [0.25, 0.3) is 0 Å². The summed E-state index contributed by atoms with van der Waals surface area (Å²) in [4.78, 5) is 2.63. The fourth-order valence-electron chi connectivity index (χ4n) is 3.20. The van der Waals surface area contributed by atoms with Gasteiger partial charge in [0.1, 0.15) is 0 Å². The van der Waals surface area contributed by atoms with E-state index in [4.69, 9.17) is 0 Å². The summed E-state index contributed by atoms with van der Waals surface area (Å²) < 4.78 is 0. The summed E-state index contributed by atoms with van der Waals surface area (Å²) in [5.41, 5.74) is 0. The van der Waals surface area contributed by atoms with Gasteiger partial charge in [-0.05, 0) is 58.2 Å². The molecule has 0 spiro atoms. The first kappa shape index (κ1) is 12.4. The summed E-state index contributed by atoms with van der Waals surface area (Å²) in [6.07, 6.45) is 10.2. The maximum atomic E-state index is 3.69. The molecule has 0 radical (unpaired) electrons. The first-order valence-corrected chi connectivity index (χ1v) is 7.31. The number of nitrogens with one attached hydrogen (secondary N) is 1. The second-order valence-corrected chi connectivity index (χ2v) is 5.75. The minimum atomic E-state index is 0.742. The molecule has 0 amide bonds. The van der Waals surface area contributed by atoms with E-state index < -0.39 is 0 Å². The molecule has 0 aromatic heterocycles. The van der Waals surface area contributed by atoms with E-state index in [2.05, 4.69) is 17.1 Å². The zero-order chi connectivity index (χ0) is 11.2. The molecule has 0 aromatic carbocycles. The average Bonchev–Trinajstić information content (AvgIpc) is 2.84. The van der Waals surface area contributed by atoms with Gasteiger partial charge in [0, 0.05) is 12.6 Å². The highest BCUT2D eigenvalue weighted by molar-refractivity contribution is 4.75. The zero-order valence-electron chi connectivity index (χ0n) is 10.9. The second-order valence-electron chi connectivity index (χ2n) is 5.75. The van der Waals surface area contributed by atoms with E-state index >= 15 is 0 Å². The molecule has 0 bridgehead atoms. The molecule has 2 heteroatoms. The Morgan fingerprint density at radius 3 is 2.44 bits per heavy atom. The largest absolute Gasteiger partial charge is 0.315 e. The van der Waals surface area contributed by atoms with Crippen LogP contribution in [0.1, 0.15) is 51.9 Å². The molecule has 2 rings (SSSR count). The molecule has 1 N–H and O–H groups in total. The lowest BCUT2D eigenvalue weighted by molar-refractivity contribution is 0.244. The minimum Gasteiger partial charge on any atom is -0.315 e. The van der Waals surface area contributed by atoms with Crippen molar-refractivity contribution in [2.75, 3.05) is 26.2 Å². The fourth-order valence-corrected chi connectivity index (χ4v) is 3.20. The second kappa shape index (κ2) is 6.61. The third-order valence-electron chi connectivity index (χ3n) is 4.36. The molecule has 16 heavy (non-hydrogen) atoms. The molecule has 94 valence electrons. The number of nitrogens with zero attached hydrogens (tertiary/aromatic N) is 1. The van der Waals surface area contributed by atoms with Crippen LogP contribution in [0.4, 0.5) is 0 Å². The summed E-state index contributed by atoms with van der Waals surface area (Å²) in [5, 5.41) is 3.69. The molecule has 1 atom stereocenters. The van der Waals surface area contributed by atoms with Crippen LogP contribution in [0, 0.1) is 5.92 Å². The van der Waals surface area contributed by atoms with E-state index in [1.165, 1.54) is 71.1 Å². The lowest BCUT2D eigenvalue weighted by Crippen LogP contribution is -2.40. The van der Waals surface area contributed by atoms with E-state index in [1.54, 1.807) is 0 Å². The van der Waals surface area contributed by atoms with E-state index in [9.17, 15) is 0 Å².